The topological polar surface area (TPSA) is 55.4 Å². The molecule has 132 valence electrons. The molecule has 2 atom stereocenters. The largest absolute Gasteiger partial charge is 0.449 e. The lowest BCUT2D eigenvalue weighted by Crippen LogP contribution is -2.37. The second-order valence-electron chi connectivity index (χ2n) is 5.73. The monoisotopic (exact) mass is 357 g/mol. The summed E-state index contributed by atoms with van der Waals surface area (Å²) < 4.78 is 5.15. The van der Waals surface area contributed by atoms with Crippen molar-refractivity contribution in [3.63, 3.8) is 0 Å². The number of carbonyl (C=O) groups excluding carboxylic acids is 2. The van der Waals surface area contributed by atoms with Crippen molar-refractivity contribution in [3.05, 3.63) is 64.4 Å². The molecule has 1 amide bonds. The third kappa shape index (κ3) is 6.19. The zero-order valence-corrected chi connectivity index (χ0v) is 15.3. The second kappa shape index (κ2) is 9.79. The summed E-state index contributed by atoms with van der Waals surface area (Å²) in [5.74, 6) is -0.567. The first-order valence-corrected chi connectivity index (χ1v) is 9.28. The van der Waals surface area contributed by atoms with E-state index in [9.17, 15) is 9.59 Å². The Balaban J connectivity index is 1.80. The Morgan fingerprint density at radius 2 is 2.00 bits per heavy atom. The molecule has 0 aliphatic rings. The minimum atomic E-state index is -0.826. The number of esters is 1. The van der Waals surface area contributed by atoms with Gasteiger partial charge in [0.1, 0.15) is 0 Å². The highest BCUT2D eigenvalue weighted by Gasteiger charge is 2.18. The molecule has 0 radical (unpaired) electrons. The van der Waals surface area contributed by atoms with Crippen LogP contribution in [0.2, 0.25) is 0 Å². The number of hydrogen-bond acceptors (Lipinski definition) is 4. The van der Waals surface area contributed by atoms with Gasteiger partial charge in [-0.05, 0) is 47.4 Å². The Morgan fingerprint density at radius 3 is 2.64 bits per heavy atom. The van der Waals surface area contributed by atoms with Gasteiger partial charge in [-0.15, -0.1) is 0 Å². The van der Waals surface area contributed by atoms with Crippen LogP contribution in [0, 0.1) is 0 Å². The van der Waals surface area contributed by atoms with E-state index in [4.69, 9.17) is 4.74 Å². The van der Waals surface area contributed by atoms with Gasteiger partial charge in [0.2, 0.25) is 0 Å². The van der Waals surface area contributed by atoms with E-state index in [0.29, 0.717) is 6.54 Å². The van der Waals surface area contributed by atoms with Crippen LogP contribution in [-0.4, -0.2) is 24.5 Å². The summed E-state index contributed by atoms with van der Waals surface area (Å²) in [6, 6.07) is 12.0. The Bertz CT molecular complexity index is 695. The zero-order chi connectivity index (χ0) is 18.1. The molecule has 0 aliphatic heterocycles. The van der Waals surface area contributed by atoms with Crippen LogP contribution in [0.5, 0.6) is 0 Å². The Labute approximate surface area is 152 Å². The highest BCUT2D eigenvalue weighted by atomic mass is 32.1. The summed E-state index contributed by atoms with van der Waals surface area (Å²) in [6.07, 6.45) is 3.10. The quantitative estimate of drug-likeness (QED) is 0.574. The van der Waals surface area contributed by atoms with Crippen LogP contribution in [-0.2, 0) is 14.3 Å². The molecule has 0 spiro atoms. The van der Waals surface area contributed by atoms with Crippen molar-refractivity contribution in [3.8, 4) is 0 Å². The Kier molecular flexibility index (Phi) is 7.41. The summed E-state index contributed by atoms with van der Waals surface area (Å²) >= 11 is 1.55. The fourth-order valence-corrected chi connectivity index (χ4v) is 3.02. The molecular weight excluding hydrogens is 334 g/mol. The van der Waals surface area contributed by atoms with Crippen LogP contribution in [0.3, 0.4) is 0 Å². The van der Waals surface area contributed by atoms with Crippen molar-refractivity contribution in [1.29, 1.82) is 0 Å². The number of ether oxygens (including phenoxy) is 1. The molecule has 1 N–H and O–H groups in total. The van der Waals surface area contributed by atoms with Crippen molar-refractivity contribution >= 4 is 29.3 Å². The molecule has 5 heteroatoms. The molecule has 4 nitrogen and oxygen atoms in total. The smallest absolute Gasteiger partial charge is 0.331 e. The SMILES string of the molecule is CC[C@H](CNC(=O)[C@H](C)OC(=O)/C=C/c1ccsc1)c1ccccc1. The molecule has 1 heterocycles. The molecule has 0 saturated carbocycles. The van der Waals surface area contributed by atoms with Crippen molar-refractivity contribution < 1.29 is 14.3 Å². The van der Waals surface area contributed by atoms with Crippen LogP contribution < -0.4 is 5.32 Å². The molecule has 1 aromatic heterocycles. The highest BCUT2D eigenvalue weighted by Crippen LogP contribution is 2.18. The van der Waals surface area contributed by atoms with Gasteiger partial charge >= 0.3 is 5.97 Å². The number of benzene rings is 1. The molecular formula is C20H23NO3S. The van der Waals surface area contributed by atoms with E-state index in [1.807, 2.05) is 35.0 Å². The predicted molar refractivity (Wildman–Crippen MR) is 101 cm³/mol. The standard InChI is InChI=1S/C20H23NO3S/c1-3-17(18-7-5-4-6-8-18)13-21-20(23)15(2)24-19(22)10-9-16-11-12-25-14-16/h4-12,14-15,17H,3,13H2,1-2H3,(H,21,23)/b10-9+/t15-,17+/m0/s1. The summed E-state index contributed by atoms with van der Waals surface area (Å²) in [7, 11) is 0. The van der Waals surface area contributed by atoms with Crippen molar-refractivity contribution in [1.82, 2.24) is 5.32 Å². The van der Waals surface area contributed by atoms with Gasteiger partial charge in [0.15, 0.2) is 6.10 Å². The lowest BCUT2D eigenvalue weighted by molar-refractivity contribution is -0.150. The van der Waals surface area contributed by atoms with Gasteiger partial charge in [-0.25, -0.2) is 4.79 Å². The maximum absolute atomic E-state index is 12.2. The second-order valence-corrected chi connectivity index (χ2v) is 6.51. The van der Waals surface area contributed by atoms with Crippen molar-refractivity contribution in [2.24, 2.45) is 0 Å². The Morgan fingerprint density at radius 1 is 1.24 bits per heavy atom. The normalized spacial score (nSPS) is 13.4. The van der Waals surface area contributed by atoms with E-state index >= 15 is 0 Å². The lowest BCUT2D eigenvalue weighted by Gasteiger charge is -2.18. The molecule has 2 rings (SSSR count). The summed E-state index contributed by atoms with van der Waals surface area (Å²) in [5, 5.41) is 6.72. The van der Waals surface area contributed by atoms with Crippen LogP contribution in [0.1, 0.15) is 37.3 Å². The van der Waals surface area contributed by atoms with E-state index in [1.54, 1.807) is 24.3 Å². The first-order chi connectivity index (χ1) is 12.1. The first kappa shape index (κ1) is 18.9. The molecule has 0 bridgehead atoms. The highest BCUT2D eigenvalue weighted by molar-refractivity contribution is 7.08. The predicted octanol–water partition coefficient (Wildman–Crippen LogP) is 4.00. The maximum atomic E-state index is 12.2. The number of rotatable bonds is 8. The maximum Gasteiger partial charge on any atom is 0.331 e. The summed E-state index contributed by atoms with van der Waals surface area (Å²) in [5.41, 5.74) is 2.13. The number of thiophene rings is 1. The van der Waals surface area contributed by atoms with Gasteiger partial charge in [-0.3, -0.25) is 4.79 Å². The third-order valence-electron chi connectivity index (χ3n) is 3.90. The molecule has 0 aliphatic carbocycles. The van der Waals surface area contributed by atoms with Gasteiger partial charge in [0, 0.05) is 18.5 Å². The number of amides is 1. The lowest BCUT2D eigenvalue weighted by atomic mass is 9.96. The van der Waals surface area contributed by atoms with Gasteiger partial charge in [-0.1, -0.05) is 37.3 Å². The Hall–Kier alpha value is -2.40. The van der Waals surface area contributed by atoms with E-state index in [2.05, 4.69) is 24.4 Å². The molecule has 25 heavy (non-hydrogen) atoms. The average Bonchev–Trinajstić information content (AvgIpc) is 3.14. The molecule has 0 unspecified atom stereocenters. The van der Waals surface area contributed by atoms with Crippen LogP contribution in [0.25, 0.3) is 6.08 Å². The number of hydrogen-bond donors (Lipinski definition) is 1. The first-order valence-electron chi connectivity index (χ1n) is 8.33. The minimum absolute atomic E-state index is 0.242. The third-order valence-corrected chi connectivity index (χ3v) is 4.61. The number of nitrogens with one attached hydrogen (secondary N) is 1. The summed E-state index contributed by atoms with van der Waals surface area (Å²) in [6.45, 7) is 4.18. The zero-order valence-electron chi connectivity index (χ0n) is 14.5. The van der Waals surface area contributed by atoms with Gasteiger partial charge in [0.25, 0.3) is 5.91 Å². The van der Waals surface area contributed by atoms with E-state index < -0.39 is 12.1 Å². The molecule has 0 saturated heterocycles. The molecule has 0 fully saturated rings. The fourth-order valence-electron chi connectivity index (χ4n) is 2.39. The van der Waals surface area contributed by atoms with Crippen LogP contribution in [0.4, 0.5) is 0 Å². The van der Waals surface area contributed by atoms with Crippen molar-refractivity contribution in [2.45, 2.75) is 32.3 Å². The molecule has 1 aromatic carbocycles. The van der Waals surface area contributed by atoms with E-state index in [0.717, 1.165) is 12.0 Å². The van der Waals surface area contributed by atoms with Crippen LogP contribution >= 0.6 is 11.3 Å². The van der Waals surface area contributed by atoms with Gasteiger partial charge in [-0.2, -0.15) is 11.3 Å². The minimum Gasteiger partial charge on any atom is -0.449 e. The van der Waals surface area contributed by atoms with Gasteiger partial charge in [0.05, 0.1) is 0 Å². The van der Waals surface area contributed by atoms with E-state index in [1.165, 1.54) is 11.6 Å². The van der Waals surface area contributed by atoms with Crippen LogP contribution in [0.15, 0.2) is 53.2 Å². The average molecular weight is 357 g/mol. The van der Waals surface area contributed by atoms with E-state index in [-0.39, 0.29) is 11.8 Å². The fraction of sp³-hybridized carbons (Fsp3) is 0.300. The summed E-state index contributed by atoms with van der Waals surface area (Å²) in [4.78, 5) is 23.9. The van der Waals surface area contributed by atoms with Crippen molar-refractivity contribution in [2.75, 3.05) is 6.54 Å². The van der Waals surface area contributed by atoms with Gasteiger partial charge < -0.3 is 10.1 Å². The number of carbonyl (C=O) groups is 2. The molecule has 2 aromatic rings.